The van der Waals surface area contributed by atoms with Crippen molar-refractivity contribution in [3.05, 3.63) is 18.1 Å². The zero-order chi connectivity index (χ0) is 17.7. The molecule has 0 aromatic carbocycles. The summed E-state index contributed by atoms with van der Waals surface area (Å²) in [6, 6.07) is 0. The molecule has 1 fully saturated rings. The van der Waals surface area contributed by atoms with Crippen molar-refractivity contribution in [2.45, 2.75) is 33.2 Å². The summed E-state index contributed by atoms with van der Waals surface area (Å²) in [6.07, 6.45) is 2.79. The second kappa shape index (κ2) is 7.46. The van der Waals surface area contributed by atoms with Gasteiger partial charge in [-0.3, -0.25) is 4.79 Å². The van der Waals surface area contributed by atoms with Gasteiger partial charge in [-0.05, 0) is 27.7 Å². The van der Waals surface area contributed by atoms with Gasteiger partial charge in [-0.15, -0.1) is 0 Å². The van der Waals surface area contributed by atoms with Crippen LogP contribution in [0.5, 0.6) is 0 Å². The van der Waals surface area contributed by atoms with Gasteiger partial charge in [0.15, 0.2) is 0 Å². The fourth-order valence-corrected chi connectivity index (χ4v) is 2.34. The lowest BCUT2D eigenvalue weighted by molar-refractivity contribution is 0.0913. The van der Waals surface area contributed by atoms with Crippen LogP contribution in [-0.4, -0.2) is 65.2 Å². The minimum Gasteiger partial charge on any atom is -0.450 e. The number of rotatable bonds is 3. The summed E-state index contributed by atoms with van der Waals surface area (Å²) >= 11 is 0. The summed E-state index contributed by atoms with van der Waals surface area (Å²) in [7, 11) is 0. The first-order chi connectivity index (χ1) is 11.3. The van der Waals surface area contributed by atoms with Crippen LogP contribution in [0.3, 0.4) is 0 Å². The van der Waals surface area contributed by atoms with E-state index in [-0.39, 0.29) is 17.5 Å². The molecule has 0 atom stereocenters. The smallest absolute Gasteiger partial charge is 0.409 e. The monoisotopic (exact) mass is 335 g/mol. The van der Waals surface area contributed by atoms with Crippen LogP contribution in [0.15, 0.2) is 12.4 Å². The number of ether oxygens (including phenoxy) is 1. The van der Waals surface area contributed by atoms with Gasteiger partial charge in [-0.25, -0.2) is 14.8 Å². The second-order valence-corrected chi connectivity index (χ2v) is 6.64. The number of carbonyl (C=O) groups excluding carboxylic acids is 2. The Labute approximate surface area is 142 Å². The molecule has 24 heavy (non-hydrogen) atoms. The van der Waals surface area contributed by atoms with Crippen molar-refractivity contribution in [1.82, 2.24) is 20.2 Å². The van der Waals surface area contributed by atoms with E-state index in [0.29, 0.717) is 44.3 Å². The standard InChI is InChI=1S/C16H25N5O3/c1-5-24-15(23)21-8-6-20(7-9-21)13-11-17-12(10-18-13)14(22)19-16(2,3)4/h10-11H,5-9H2,1-4H3,(H,19,22). The minimum absolute atomic E-state index is 0.242. The van der Waals surface area contributed by atoms with Crippen molar-refractivity contribution in [3.63, 3.8) is 0 Å². The van der Waals surface area contributed by atoms with Gasteiger partial charge in [0.05, 0.1) is 19.0 Å². The number of hydrogen-bond acceptors (Lipinski definition) is 6. The molecule has 1 saturated heterocycles. The maximum Gasteiger partial charge on any atom is 0.409 e. The van der Waals surface area contributed by atoms with Crippen LogP contribution in [0, 0.1) is 0 Å². The third-order valence-corrected chi connectivity index (χ3v) is 3.49. The van der Waals surface area contributed by atoms with E-state index in [9.17, 15) is 9.59 Å². The van der Waals surface area contributed by atoms with E-state index >= 15 is 0 Å². The number of piperazine rings is 1. The van der Waals surface area contributed by atoms with Crippen LogP contribution < -0.4 is 10.2 Å². The van der Waals surface area contributed by atoms with Gasteiger partial charge in [-0.1, -0.05) is 0 Å². The minimum atomic E-state index is -0.319. The molecule has 0 unspecified atom stereocenters. The number of nitrogens with zero attached hydrogens (tertiary/aromatic N) is 4. The van der Waals surface area contributed by atoms with Crippen LogP contribution in [0.1, 0.15) is 38.2 Å². The summed E-state index contributed by atoms with van der Waals surface area (Å²) in [5.41, 5.74) is -0.0280. The predicted molar refractivity (Wildman–Crippen MR) is 90.1 cm³/mol. The molecule has 1 aromatic heterocycles. The van der Waals surface area contributed by atoms with Crippen LogP contribution in [-0.2, 0) is 4.74 Å². The first-order valence-corrected chi connectivity index (χ1v) is 8.11. The molecular formula is C16H25N5O3. The number of aromatic nitrogens is 2. The van der Waals surface area contributed by atoms with E-state index in [2.05, 4.69) is 15.3 Å². The molecule has 0 aliphatic carbocycles. The molecule has 2 rings (SSSR count). The van der Waals surface area contributed by atoms with Crippen LogP contribution in [0.25, 0.3) is 0 Å². The van der Waals surface area contributed by atoms with E-state index in [4.69, 9.17) is 4.74 Å². The number of amides is 2. The average Bonchev–Trinajstić information content (AvgIpc) is 2.54. The Morgan fingerprint density at radius 1 is 1.17 bits per heavy atom. The molecule has 2 amide bonds. The summed E-state index contributed by atoms with van der Waals surface area (Å²) in [5.74, 6) is 0.458. The van der Waals surface area contributed by atoms with Crippen molar-refractivity contribution in [1.29, 1.82) is 0 Å². The highest BCUT2D eigenvalue weighted by Gasteiger charge is 2.23. The Bertz CT molecular complexity index is 574. The van der Waals surface area contributed by atoms with Gasteiger partial charge in [0, 0.05) is 31.7 Å². The Hall–Kier alpha value is -2.38. The molecule has 132 valence electrons. The Kier molecular flexibility index (Phi) is 5.58. The lowest BCUT2D eigenvalue weighted by atomic mass is 10.1. The first kappa shape index (κ1) is 18.0. The van der Waals surface area contributed by atoms with E-state index in [1.165, 1.54) is 6.20 Å². The van der Waals surface area contributed by atoms with E-state index < -0.39 is 0 Å². The molecule has 2 heterocycles. The highest BCUT2D eigenvalue weighted by Crippen LogP contribution is 2.13. The van der Waals surface area contributed by atoms with Crippen LogP contribution in [0.2, 0.25) is 0 Å². The molecule has 8 heteroatoms. The van der Waals surface area contributed by atoms with Crippen LogP contribution >= 0.6 is 0 Å². The van der Waals surface area contributed by atoms with E-state index in [1.807, 2.05) is 25.7 Å². The summed E-state index contributed by atoms with van der Waals surface area (Å²) in [4.78, 5) is 36.0. The van der Waals surface area contributed by atoms with Gasteiger partial charge >= 0.3 is 6.09 Å². The predicted octanol–water partition coefficient (Wildman–Crippen LogP) is 1.28. The topological polar surface area (TPSA) is 87.7 Å². The van der Waals surface area contributed by atoms with Crippen molar-refractivity contribution < 1.29 is 14.3 Å². The molecule has 8 nitrogen and oxygen atoms in total. The number of carbonyl (C=O) groups is 2. The Morgan fingerprint density at radius 2 is 1.83 bits per heavy atom. The van der Waals surface area contributed by atoms with E-state index in [0.717, 1.165) is 0 Å². The molecule has 0 bridgehead atoms. The largest absolute Gasteiger partial charge is 0.450 e. The van der Waals surface area contributed by atoms with Gasteiger partial charge in [0.25, 0.3) is 5.91 Å². The number of nitrogens with one attached hydrogen (secondary N) is 1. The van der Waals surface area contributed by atoms with Crippen molar-refractivity contribution in [2.75, 3.05) is 37.7 Å². The average molecular weight is 335 g/mol. The molecule has 1 aliphatic rings. The number of anilines is 1. The molecule has 1 aliphatic heterocycles. The molecule has 1 N–H and O–H groups in total. The third-order valence-electron chi connectivity index (χ3n) is 3.49. The highest BCUT2D eigenvalue weighted by atomic mass is 16.6. The van der Waals surface area contributed by atoms with E-state index in [1.54, 1.807) is 18.0 Å². The Morgan fingerprint density at radius 3 is 2.33 bits per heavy atom. The lowest BCUT2D eigenvalue weighted by Crippen LogP contribution is -2.49. The van der Waals surface area contributed by atoms with Crippen molar-refractivity contribution >= 4 is 17.8 Å². The van der Waals surface area contributed by atoms with Crippen LogP contribution in [0.4, 0.5) is 10.6 Å². The summed E-state index contributed by atoms with van der Waals surface area (Å²) < 4.78 is 5.00. The third kappa shape index (κ3) is 4.81. The lowest BCUT2D eigenvalue weighted by Gasteiger charge is -2.34. The zero-order valence-electron chi connectivity index (χ0n) is 14.7. The Balaban J connectivity index is 1.93. The fourth-order valence-electron chi connectivity index (χ4n) is 2.34. The molecule has 0 spiro atoms. The first-order valence-electron chi connectivity index (χ1n) is 8.11. The molecule has 1 aromatic rings. The fraction of sp³-hybridized carbons (Fsp3) is 0.625. The highest BCUT2D eigenvalue weighted by molar-refractivity contribution is 5.92. The van der Waals surface area contributed by atoms with Gasteiger partial charge in [-0.2, -0.15) is 0 Å². The SMILES string of the molecule is CCOC(=O)N1CCN(c2cnc(C(=O)NC(C)(C)C)cn2)CC1. The van der Waals surface area contributed by atoms with Gasteiger partial charge in [0.2, 0.25) is 0 Å². The maximum atomic E-state index is 12.0. The molecular weight excluding hydrogens is 310 g/mol. The number of hydrogen-bond donors (Lipinski definition) is 1. The quantitative estimate of drug-likeness (QED) is 0.895. The normalized spacial score (nSPS) is 15.2. The summed E-state index contributed by atoms with van der Waals surface area (Å²) in [5, 5.41) is 2.85. The zero-order valence-corrected chi connectivity index (χ0v) is 14.7. The maximum absolute atomic E-state index is 12.0. The van der Waals surface area contributed by atoms with Crippen molar-refractivity contribution in [2.24, 2.45) is 0 Å². The summed E-state index contributed by atoms with van der Waals surface area (Å²) in [6.45, 7) is 10.4. The van der Waals surface area contributed by atoms with Gasteiger partial charge < -0.3 is 19.9 Å². The molecule has 0 saturated carbocycles. The van der Waals surface area contributed by atoms with Crippen molar-refractivity contribution in [3.8, 4) is 0 Å². The van der Waals surface area contributed by atoms with Gasteiger partial charge in [0.1, 0.15) is 11.5 Å². The molecule has 0 radical (unpaired) electrons. The second-order valence-electron chi connectivity index (χ2n) is 6.64.